The minimum Gasteiger partial charge on any atom is -0.480 e. The summed E-state index contributed by atoms with van der Waals surface area (Å²) in [6.45, 7) is 6.72. The van der Waals surface area contributed by atoms with Crippen LogP contribution in [-0.2, 0) is 19.9 Å². The maximum absolute atomic E-state index is 13.0. The number of amidine groups is 1. The fraction of sp³-hybridized carbons (Fsp3) is 0.500. The topological polar surface area (TPSA) is 175 Å². The van der Waals surface area contributed by atoms with Gasteiger partial charge in [-0.25, -0.2) is 14.4 Å². The fourth-order valence-corrected chi connectivity index (χ4v) is 3.40. The molecule has 0 aliphatic carbocycles. The van der Waals surface area contributed by atoms with Gasteiger partial charge < -0.3 is 26.2 Å². The summed E-state index contributed by atoms with van der Waals surface area (Å²) >= 11 is 0. The van der Waals surface area contributed by atoms with Crippen LogP contribution in [0, 0.1) is 5.41 Å². The molecule has 6 N–H and O–H groups in total. The van der Waals surface area contributed by atoms with Crippen LogP contribution in [0.1, 0.15) is 58.1 Å². The summed E-state index contributed by atoms with van der Waals surface area (Å²) < 4.78 is 5.08. The van der Waals surface area contributed by atoms with E-state index >= 15 is 0 Å². The average molecular weight is 462 g/mol. The first-order chi connectivity index (χ1) is 15.2. The lowest BCUT2D eigenvalue weighted by molar-refractivity contribution is -0.139. The van der Waals surface area contributed by atoms with Gasteiger partial charge in [0.2, 0.25) is 0 Å². The van der Waals surface area contributed by atoms with Crippen LogP contribution in [0.3, 0.4) is 0 Å². The lowest BCUT2D eigenvalue weighted by Crippen LogP contribution is -2.43. The van der Waals surface area contributed by atoms with Crippen LogP contribution in [0.5, 0.6) is 0 Å². The zero-order chi connectivity index (χ0) is 25.0. The summed E-state index contributed by atoms with van der Waals surface area (Å²) in [5.74, 6) is -1.72. The molecule has 1 unspecified atom stereocenters. The zero-order valence-electron chi connectivity index (χ0n) is 19.2. The maximum Gasteiger partial charge on any atom is 0.408 e. The normalized spacial score (nSPS) is 19.1. The molecule has 1 heterocycles. The van der Waals surface area contributed by atoms with Gasteiger partial charge in [-0.2, -0.15) is 0 Å². The van der Waals surface area contributed by atoms with Crippen LogP contribution in [-0.4, -0.2) is 58.0 Å². The second-order valence-electron chi connectivity index (χ2n) is 9.04. The number of nitrogens with zero attached hydrogens (tertiary/aromatic N) is 1. The molecule has 11 nitrogen and oxygen atoms in total. The zero-order valence-corrected chi connectivity index (χ0v) is 19.2. The molecule has 2 atom stereocenters. The van der Waals surface area contributed by atoms with Crippen LogP contribution in [0.25, 0.3) is 0 Å². The van der Waals surface area contributed by atoms with Gasteiger partial charge in [-0.3, -0.25) is 15.1 Å². The Hall–Kier alpha value is -3.63. The molecule has 180 valence electrons. The number of alkyl carbamates (subject to hydrolysis) is 1. The minimum atomic E-state index is -1.26. The van der Waals surface area contributed by atoms with E-state index in [4.69, 9.17) is 15.9 Å². The lowest BCUT2D eigenvalue weighted by Gasteiger charge is -2.23. The van der Waals surface area contributed by atoms with Crippen molar-refractivity contribution in [3.8, 4) is 0 Å². The van der Waals surface area contributed by atoms with Crippen LogP contribution in [0.4, 0.5) is 9.59 Å². The molecule has 2 rings (SSSR count). The number of hydrogen-bond donors (Lipinski definition) is 5. The number of imide groups is 1. The quantitative estimate of drug-likeness (QED) is 0.161. The van der Waals surface area contributed by atoms with Gasteiger partial charge in [0.25, 0.3) is 5.91 Å². The van der Waals surface area contributed by atoms with Crippen molar-refractivity contribution >= 4 is 29.8 Å². The highest BCUT2D eigenvalue weighted by atomic mass is 16.6. The standard InChI is InChI=1S/C22H31N5O6/c1-21(2,3)33-20(32)25-15(17(28)29)7-5-6-12-27-18(30)22(4,26-19(27)31)14-10-8-13(9-11-14)16(23)24/h8-11,15H,5-7,12H2,1-4H3,(H3,23,24)(H,25,32)(H,26,31)(H,28,29)/t15-,22?/m0/s1. The highest BCUT2D eigenvalue weighted by Crippen LogP contribution is 2.29. The third kappa shape index (κ3) is 6.43. The van der Waals surface area contributed by atoms with Crippen molar-refractivity contribution in [3.05, 3.63) is 35.4 Å². The number of carboxylic acids is 1. The Kier molecular flexibility index (Phi) is 7.68. The number of nitrogens with two attached hydrogens (primary N) is 1. The van der Waals surface area contributed by atoms with E-state index in [-0.39, 0.29) is 18.8 Å². The van der Waals surface area contributed by atoms with Gasteiger partial charge >= 0.3 is 18.1 Å². The van der Waals surface area contributed by atoms with Gasteiger partial charge in [-0.05, 0) is 52.5 Å². The molecular formula is C22H31N5O6. The van der Waals surface area contributed by atoms with Crippen molar-refractivity contribution in [1.82, 2.24) is 15.5 Å². The van der Waals surface area contributed by atoms with E-state index in [1.807, 2.05) is 0 Å². The van der Waals surface area contributed by atoms with Gasteiger partial charge in [0.15, 0.2) is 0 Å². The van der Waals surface area contributed by atoms with E-state index in [9.17, 15) is 24.3 Å². The fourth-order valence-electron chi connectivity index (χ4n) is 3.40. The second-order valence-corrected chi connectivity index (χ2v) is 9.04. The van der Waals surface area contributed by atoms with Crippen molar-refractivity contribution in [1.29, 1.82) is 5.41 Å². The third-order valence-electron chi connectivity index (χ3n) is 5.16. The average Bonchev–Trinajstić information content (AvgIpc) is 2.92. The molecule has 1 aromatic rings. The largest absolute Gasteiger partial charge is 0.480 e. The van der Waals surface area contributed by atoms with E-state index in [0.717, 1.165) is 4.90 Å². The Morgan fingerprint density at radius 2 is 1.85 bits per heavy atom. The molecule has 1 aliphatic heterocycles. The number of hydrogen-bond acceptors (Lipinski definition) is 6. The summed E-state index contributed by atoms with van der Waals surface area (Å²) in [4.78, 5) is 49.8. The van der Waals surface area contributed by atoms with Crippen molar-refractivity contribution in [2.24, 2.45) is 5.73 Å². The Morgan fingerprint density at radius 1 is 1.24 bits per heavy atom. The molecule has 0 bridgehead atoms. The number of unbranched alkanes of at least 4 members (excludes halogenated alkanes) is 1. The number of benzene rings is 1. The van der Waals surface area contributed by atoms with Crippen molar-refractivity contribution in [3.63, 3.8) is 0 Å². The SMILES string of the molecule is CC(C)(C)OC(=O)N[C@@H](CCCCN1C(=O)NC(C)(c2ccc(C(=N)N)cc2)C1=O)C(=O)O. The number of urea groups is 1. The van der Waals surface area contributed by atoms with Gasteiger partial charge in [-0.1, -0.05) is 24.3 Å². The molecule has 1 fully saturated rings. The Balaban J connectivity index is 1.93. The van der Waals surface area contributed by atoms with Crippen molar-refractivity contribution < 1.29 is 29.0 Å². The first-order valence-electron chi connectivity index (χ1n) is 10.6. The number of carbonyl (C=O) groups is 4. The Bertz CT molecular complexity index is 940. The number of aliphatic carboxylic acids is 1. The van der Waals surface area contributed by atoms with Crippen LogP contribution < -0.4 is 16.4 Å². The predicted octanol–water partition coefficient (Wildman–Crippen LogP) is 1.89. The first kappa shape index (κ1) is 25.6. The molecule has 1 aromatic carbocycles. The number of carbonyl (C=O) groups excluding carboxylic acids is 3. The van der Waals surface area contributed by atoms with Crippen LogP contribution in [0.2, 0.25) is 0 Å². The molecule has 0 aromatic heterocycles. The van der Waals surface area contributed by atoms with Crippen molar-refractivity contribution in [2.45, 2.75) is 64.1 Å². The summed E-state index contributed by atoms with van der Waals surface area (Å²) in [7, 11) is 0. The van der Waals surface area contributed by atoms with E-state index in [1.54, 1.807) is 52.0 Å². The number of ether oxygens (including phenoxy) is 1. The van der Waals surface area contributed by atoms with Gasteiger partial charge in [-0.15, -0.1) is 0 Å². The first-order valence-corrected chi connectivity index (χ1v) is 10.6. The van der Waals surface area contributed by atoms with Crippen LogP contribution >= 0.6 is 0 Å². The molecule has 0 saturated carbocycles. The maximum atomic E-state index is 13.0. The second kappa shape index (κ2) is 9.88. The Morgan fingerprint density at radius 3 is 2.36 bits per heavy atom. The molecule has 1 aliphatic rings. The van der Waals surface area contributed by atoms with Gasteiger partial charge in [0, 0.05) is 12.1 Å². The molecule has 33 heavy (non-hydrogen) atoms. The number of rotatable bonds is 9. The molecular weight excluding hydrogens is 430 g/mol. The summed E-state index contributed by atoms with van der Waals surface area (Å²) in [6, 6.07) is 4.80. The summed E-state index contributed by atoms with van der Waals surface area (Å²) in [6.07, 6.45) is 0.00396. The summed E-state index contributed by atoms with van der Waals surface area (Å²) in [5, 5.41) is 21.8. The molecule has 11 heteroatoms. The number of nitrogen functional groups attached to an aromatic ring is 1. The minimum absolute atomic E-state index is 0.101. The molecule has 0 radical (unpaired) electrons. The van der Waals surface area contributed by atoms with Crippen LogP contribution in [0.15, 0.2) is 24.3 Å². The van der Waals surface area contributed by atoms with E-state index in [0.29, 0.717) is 24.0 Å². The Labute approximate surface area is 192 Å². The molecule has 1 saturated heterocycles. The smallest absolute Gasteiger partial charge is 0.408 e. The number of amides is 4. The summed E-state index contributed by atoms with van der Waals surface area (Å²) in [5.41, 5.74) is 4.50. The lowest BCUT2D eigenvalue weighted by atomic mass is 9.91. The van der Waals surface area contributed by atoms with E-state index < -0.39 is 41.2 Å². The number of carboxylic acid groups (broad SMARTS) is 1. The van der Waals surface area contributed by atoms with E-state index in [1.165, 1.54) is 0 Å². The monoisotopic (exact) mass is 461 g/mol. The molecule has 0 spiro atoms. The van der Waals surface area contributed by atoms with E-state index in [2.05, 4.69) is 10.6 Å². The van der Waals surface area contributed by atoms with Crippen molar-refractivity contribution in [2.75, 3.05) is 6.54 Å². The molecule has 4 amide bonds. The highest BCUT2D eigenvalue weighted by molar-refractivity contribution is 6.07. The highest BCUT2D eigenvalue weighted by Gasteiger charge is 2.48. The van der Waals surface area contributed by atoms with Gasteiger partial charge in [0.1, 0.15) is 23.0 Å². The van der Waals surface area contributed by atoms with Gasteiger partial charge in [0.05, 0.1) is 0 Å². The predicted molar refractivity (Wildman–Crippen MR) is 120 cm³/mol. The third-order valence-corrected chi connectivity index (χ3v) is 5.16. The number of nitrogens with one attached hydrogen (secondary N) is 3.